The van der Waals surface area contributed by atoms with Crippen LogP contribution in [0, 0.1) is 19.8 Å². The third kappa shape index (κ3) is 4.41. The first kappa shape index (κ1) is 17.2. The minimum atomic E-state index is 0.493. The quantitative estimate of drug-likeness (QED) is 0.682. The van der Waals surface area contributed by atoms with E-state index in [9.17, 15) is 0 Å². The highest BCUT2D eigenvalue weighted by Gasteiger charge is 2.24. The predicted molar refractivity (Wildman–Crippen MR) is 93.4 cm³/mol. The Morgan fingerprint density at radius 3 is 2.86 bits per heavy atom. The molecular formula is C16H28N4OS. The molecule has 0 saturated carbocycles. The van der Waals surface area contributed by atoms with Crippen LogP contribution in [0.1, 0.15) is 38.1 Å². The maximum absolute atomic E-state index is 5.62. The number of aryl methyl sites for hydroxylation is 2. The van der Waals surface area contributed by atoms with Gasteiger partial charge in [-0.2, -0.15) is 11.8 Å². The molecule has 1 aliphatic heterocycles. The fraction of sp³-hybridized carbons (Fsp3) is 0.750. The first-order valence-electron chi connectivity index (χ1n) is 8.09. The second-order valence-corrected chi connectivity index (χ2v) is 7.37. The third-order valence-corrected chi connectivity index (χ3v) is 5.45. The van der Waals surface area contributed by atoms with Crippen LogP contribution in [0.25, 0.3) is 0 Å². The molecule has 22 heavy (non-hydrogen) atoms. The molecule has 0 aromatic carbocycles. The summed E-state index contributed by atoms with van der Waals surface area (Å²) in [6, 6.07) is 0. The molecule has 5 nitrogen and oxygen atoms in total. The maximum atomic E-state index is 5.62. The number of nitrogens with one attached hydrogen (secondary N) is 1. The van der Waals surface area contributed by atoms with Gasteiger partial charge in [-0.15, -0.1) is 0 Å². The molecule has 2 heterocycles. The van der Waals surface area contributed by atoms with E-state index in [4.69, 9.17) is 9.41 Å². The molecule has 1 aromatic heterocycles. The summed E-state index contributed by atoms with van der Waals surface area (Å²) in [6.45, 7) is 14.1. The zero-order chi connectivity index (χ0) is 16.1. The Hall–Kier alpha value is -1.17. The molecule has 0 radical (unpaired) electrons. The molecule has 0 aliphatic carbocycles. The summed E-state index contributed by atoms with van der Waals surface area (Å²) >= 11 is 2.07. The molecule has 0 bridgehead atoms. The van der Waals surface area contributed by atoms with Gasteiger partial charge in [0.15, 0.2) is 5.96 Å². The molecular weight excluding hydrogens is 296 g/mol. The van der Waals surface area contributed by atoms with Crippen molar-refractivity contribution in [2.45, 2.75) is 46.4 Å². The zero-order valence-electron chi connectivity index (χ0n) is 14.3. The van der Waals surface area contributed by atoms with E-state index in [0.29, 0.717) is 23.6 Å². The zero-order valence-corrected chi connectivity index (χ0v) is 15.2. The molecule has 6 heteroatoms. The first-order valence-corrected chi connectivity index (χ1v) is 9.13. The van der Waals surface area contributed by atoms with Crippen molar-refractivity contribution in [3.63, 3.8) is 0 Å². The largest absolute Gasteiger partial charge is 0.444 e. The number of hydrogen-bond acceptors (Lipinski definition) is 4. The fourth-order valence-corrected chi connectivity index (χ4v) is 3.75. The van der Waals surface area contributed by atoms with E-state index in [1.165, 1.54) is 0 Å². The van der Waals surface area contributed by atoms with E-state index < -0.39 is 0 Å². The van der Waals surface area contributed by atoms with Crippen molar-refractivity contribution in [1.82, 2.24) is 15.2 Å². The summed E-state index contributed by atoms with van der Waals surface area (Å²) in [7, 11) is 0. The van der Waals surface area contributed by atoms with Crippen molar-refractivity contribution in [1.29, 1.82) is 0 Å². The number of guanidine groups is 1. The van der Waals surface area contributed by atoms with Crippen molar-refractivity contribution in [2.75, 3.05) is 25.4 Å². The van der Waals surface area contributed by atoms with Crippen molar-refractivity contribution in [3.8, 4) is 0 Å². The molecule has 1 atom stereocenters. The molecule has 1 aliphatic rings. The van der Waals surface area contributed by atoms with Crippen LogP contribution in [0.4, 0.5) is 0 Å². The van der Waals surface area contributed by atoms with Crippen molar-refractivity contribution >= 4 is 17.7 Å². The van der Waals surface area contributed by atoms with Crippen LogP contribution in [0.2, 0.25) is 0 Å². The van der Waals surface area contributed by atoms with E-state index >= 15 is 0 Å². The number of oxazole rings is 1. The monoisotopic (exact) mass is 324 g/mol. The topological polar surface area (TPSA) is 53.7 Å². The lowest BCUT2D eigenvalue weighted by atomic mass is 10.1. The molecule has 1 aromatic rings. The summed E-state index contributed by atoms with van der Waals surface area (Å²) in [5, 5.41) is 4.07. The Labute approximate surface area is 138 Å². The summed E-state index contributed by atoms with van der Waals surface area (Å²) in [5.74, 6) is 4.39. The lowest BCUT2D eigenvalue weighted by molar-refractivity contribution is 0.379. The predicted octanol–water partition coefficient (Wildman–Crippen LogP) is 2.83. The molecule has 0 spiro atoms. The van der Waals surface area contributed by atoms with Crippen molar-refractivity contribution < 1.29 is 4.42 Å². The van der Waals surface area contributed by atoms with Gasteiger partial charge in [0.2, 0.25) is 5.89 Å². The number of aromatic nitrogens is 1. The van der Waals surface area contributed by atoms with Crippen LogP contribution in [0.5, 0.6) is 0 Å². The van der Waals surface area contributed by atoms with Gasteiger partial charge in [0.1, 0.15) is 12.3 Å². The Morgan fingerprint density at radius 2 is 2.27 bits per heavy atom. The molecule has 1 unspecified atom stereocenters. The normalized spacial score (nSPS) is 19.8. The second kappa shape index (κ2) is 7.90. The van der Waals surface area contributed by atoms with Crippen LogP contribution < -0.4 is 5.32 Å². The lowest BCUT2D eigenvalue weighted by Gasteiger charge is -2.36. The van der Waals surface area contributed by atoms with Gasteiger partial charge in [0, 0.05) is 30.6 Å². The van der Waals surface area contributed by atoms with E-state index in [1.54, 1.807) is 0 Å². The van der Waals surface area contributed by atoms with Gasteiger partial charge in [-0.05, 0) is 26.7 Å². The highest BCUT2D eigenvalue weighted by Crippen LogP contribution is 2.25. The Kier molecular flexibility index (Phi) is 6.17. The average Bonchev–Trinajstić information content (AvgIpc) is 2.82. The summed E-state index contributed by atoms with van der Waals surface area (Å²) < 4.78 is 5.62. The van der Waals surface area contributed by atoms with Crippen molar-refractivity contribution in [3.05, 3.63) is 17.3 Å². The highest BCUT2D eigenvalue weighted by atomic mass is 32.2. The smallest absolute Gasteiger partial charge is 0.216 e. The van der Waals surface area contributed by atoms with Crippen LogP contribution in [0.3, 0.4) is 0 Å². The maximum Gasteiger partial charge on any atom is 0.216 e. The van der Waals surface area contributed by atoms with Crippen LogP contribution >= 0.6 is 11.8 Å². The number of hydrogen-bond donors (Lipinski definition) is 1. The molecule has 1 N–H and O–H groups in total. The Bertz CT molecular complexity index is 493. The molecule has 124 valence electrons. The van der Waals surface area contributed by atoms with Crippen LogP contribution in [0.15, 0.2) is 9.41 Å². The lowest BCUT2D eigenvalue weighted by Crippen LogP contribution is -2.49. The van der Waals surface area contributed by atoms with Gasteiger partial charge < -0.3 is 14.6 Å². The minimum absolute atomic E-state index is 0.493. The van der Waals surface area contributed by atoms with Crippen LogP contribution in [-0.4, -0.2) is 46.5 Å². The summed E-state index contributed by atoms with van der Waals surface area (Å²) in [6.07, 6.45) is 0. The van der Waals surface area contributed by atoms with Crippen molar-refractivity contribution in [2.24, 2.45) is 10.9 Å². The fourth-order valence-electron chi connectivity index (χ4n) is 2.45. The van der Waals surface area contributed by atoms with E-state index in [-0.39, 0.29) is 0 Å². The third-order valence-electron chi connectivity index (χ3n) is 3.91. The molecule has 1 fully saturated rings. The van der Waals surface area contributed by atoms with Gasteiger partial charge >= 0.3 is 0 Å². The van der Waals surface area contributed by atoms with Gasteiger partial charge in [-0.3, -0.25) is 0 Å². The first-order chi connectivity index (χ1) is 10.5. The number of aliphatic imine (C=N–C) groups is 1. The van der Waals surface area contributed by atoms with Gasteiger partial charge in [0.05, 0.1) is 5.69 Å². The van der Waals surface area contributed by atoms with Gasteiger partial charge in [0.25, 0.3) is 0 Å². The minimum Gasteiger partial charge on any atom is -0.444 e. The summed E-state index contributed by atoms with van der Waals surface area (Å²) in [5.41, 5.74) is 0.949. The van der Waals surface area contributed by atoms with E-state index in [0.717, 1.165) is 42.8 Å². The van der Waals surface area contributed by atoms with Gasteiger partial charge in [-0.25, -0.2) is 9.98 Å². The number of nitrogens with zero attached hydrogens (tertiary/aromatic N) is 3. The molecule has 0 amide bonds. The second-order valence-electron chi connectivity index (χ2n) is 6.02. The Morgan fingerprint density at radius 1 is 1.50 bits per heavy atom. The number of thioether (sulfide) groups is 1. The van der Waals surface area contributed by atoms with Gasteiger partial charge in [-0.1, -0.05) is 13.8 Å². The van der Waals surface area contributed by atoms with E-state index in [1.807, 2.05) is 13.8 Å². The highest BCUT2D eigenvalue weighted by molar-refractivity contribution is 8.00. The van der Waals surface area contributed by atoms with E-state index in [2.05, 4.69) is 47.7 Å². The summed E-state index contributed by atoms with van der Waals surface area (Å²) in [4.78, 5) is 11.5. The standard InChI is InChI=1S/C16H28N4OS/c1-6-17-16(18-9-15-19-12(4)13(5)21-15)20-7-8-22-14(10-20)11(2)3/h11,14H,6-10H2,1-5H3,(H,17,18). The molecule has 1 saturated heterocycles. The number of rotatable bonds is 4. The Balaban J connectivity index is 2.06. The SMILES string of the molecule is CCNC(=NCc1nc(C)c(C)o1)N1CCSC(C(C)C)C1. The van der Waals surface area contributed by atoms with Crippen LogP contribution in [-0.2, 0) is 6.54 Å². The average molecular weight is 324 g/mol. The molecule has 2 rings (SSSR count).